The van der Waals surface area contributed by atoms with Gasteiger partial charge in [-0.2, -0.15) is 4.98 Å². The highest BCUT2D eigenvalue weighted by atomic mass is 19.1. The van der Waals surface area contributed by atoms with Crippen LogP contribution in [0, 0.1) is 11.6 Å². The minimum atomic E-state index is -0.647. The van der Waals surface area contributed by atoms with Crippen LogP contribution in [0.3, 0.4) is 0 Å². The van der Waals surface area contributed by atoms with Crippen molar-refractivity contribution in [3.63, 3.8) is 0 Å². The minimum Gasteiger partial charge on any atom is -0.334 e. The lowest BCUT2D eigenvalue weighted by atomic mass is 10.1. The fourth-order valence-corrected chi connectivity index (χ4v) is 3.21. The summed E-state index contributed by atoms with van der Waals surface area (Å²) in [7, 11) is 0. The lowest BCUT2D eigenvalue weighted by Gasteiger charge is -2.16. The van der Waals surface area contributed by atoms with Gasteiger partial charge in [-0.25, -0.2) is 8.78 Å². The molecule has 0 N–H and O–H groups in total. The summed E-state index contributed by atoms with van der Waals surface area (Å²) >= 11 is 0. The molecule has 7 heteroatoms. The summed E-state index contributed by atoms with van der Waals surface area (Å²) < 4.78 is 32.4. The lowest BCUT2D eigenvalue weighted by Crippen LogP contribution is -2.24. The number of nitrogens with zero attached hydrogens (tertiary/aromatic N) is 3. The number of hydrogen-bond donors (Lipinski definition) is 0. The van der Waals surface area contributed by atoms with E-state index in [-0.39, 0.29) is 29.7 Å². The summed E-state index contributed by atoms with van der Waals surface area (Å²) in [5.74, 6) is -1.32. The van der Waals surface area contributed by atoms with Crippen molar-refractivity contribution < 1.29 is 18.1 Å². The Hall–Kier alpha value is -3.09. The van der Waals surface area contributed by atoms with Gasteiger partial charge in [0.15, 0.2) is 5.82 Å². The summed E-state index contributed by atoms with van der Waals surface area (Å²) in [4.78, 5) is 18.3. The monoisotopic (exact) mass is 369 g/mol. The first-order chi connectivity index (χ1) is 13.0. The third-order valence-corrected chi connectivity index (χ3v) is 4.75. The summed E-state index contributed by atoms with van der Waals surface area (Å²) in [6, 6.07) is 10.9. The Morgan fingerprint density at radius 2 is 1.96 bits per heavy atom. The summed E-state index contributed by atoms with van der Waals surface area (Å²) in [6.45, 7) is 2.48. The van der Waals surface area contributed by atoms with Gasteiger partial charge in [-0.05, 0) is 42.3 Å². The van der Waals surface area contributed by atoms with Gasteiger partial charge >= 0.3 is 0 Å². The van der Waals surface area contributed by atoms with E-state index in [1.54, 1.807) is 4.90 Å². The quantitative estimate of drug-likeness (QED) is 0.695. The molecule has 0 spiro atoms. The van der Waals surface area contributed by atoms with Crippen molar-refractivity contribution in [3.8, 4) is 11.5 Å². The lowest BCUT2D eigenvalue weighted by molar-refractivity contribution is -0.117. The molecule has 1 amide bonds. The molecule has 5 nitrogen and oxygen atoms in total. The Morgan fingerprint density at radius 3 is 2.70 bits per heavy atom. The molecule has 4 rings (SSSR count). The van der Waals surface area contributed by atoms with E-state index in [1.165, 1.54) is 5.56 Å². The van der Waals surface area contributed by atoms with Crippen molar-refractivity contribution >= 4 is 11.6 Å². The van der Waals surface area contributed by atoms with Gasteiger partial charge in [0.05, 0.1) is 5.56 Å². The molecule has 0 saturated carbocycles. The highest BCUT2D eigenvalue weighted by molar-refractivity contribution is 5.96. The normalized spacial score (nSPS) is 16.9. The second kappa shape index (κ2) is 6.90. The van der Waals surface area contributed by atoms with E-state index in [2.05, 4.69) is 17.1 Å². The number of hydrogen-bond acceptors (Lipinski definition) is 4. The summed E-state index contributed by atoms with van der Waals surface area (Å²) in [5.41, 5.74) is 1.92. The number of aryl methyl sites for hydroxylation is 1. The number of halogens is 2. The molecule has 0 bridgehead atoms. The number of amides is 1. The van der Waals surface area contributed by atoms with Gasteiger partial charge in [-0.15, -0.1) is 0 Å². The van der Waals surface area contributed by atoms with Crippen molar-refractivity contribution in [2.75, 3.05) is 11.4 Å². The maximum atomic E-state index is 13.9. The van der Waals surface area contributed by atoms with Gasteiger partial charge in [0.2, 0.25) is 5.91 Å². The van der Waals surface area contributed by atoms with Crippen molar-refractivity contribution in [1.82, 2.24) is 10.1 Å². The highest BCUT2D eigenvalue weighted by Crippen LogP contribution is 2.32. The van der Waals surface area contributed by atoms with E-state index in [4.69, 9.17) is 4.52 Å². The van der Waals surface area contributed by atoms with E-state index in [9.17, 15) is 13.6 Å². The average molecular weight is 369 g/mol. The van der Waals surface area contributed by atoms with Crippen molar-refractivity contribution in [2.24, 2.45) is 0 Å². The zero-order chi connectivity index (χ0) is 19.0. The standard InChI is InChI=1S/C20H17F2N3O2/c1-2-12-3-6-15(7-4-12)25-11-13(9-18(25)26)19-23-20(27-24-19)16-10-14(21)5-8-17(16)22/h3-8,10,13H,2,9,11H2,1H3/t13-/m1/s1. The molecule has 1 atom stereocenters. The van der Waals surface area contributed by atoms with Crippen LogP contribution in [0.1, 0.15) is 30.7 Å². The second-order valence-corrected chi connectivity index (χ2v) is 6.51. The Kier molecular flexibility index (Phi) is 4.43. The van der Waals surface area contributed by atoms with Crippen LogP contribution in [-0.2, 0) is 11.2 Å². The summed E-state index contributed by atoms with van der Waals surface area (Å²) in [6.07, 6.45) is 1.17. The van der Waals surface area contributed by atoms with Crippen LogP contribution in [0.25, 0.3) is 11.5 Å². The topological polar surface area (TPSA) is 59.2 Å². The van der Waals surface area contributed by atoms with Gasteiger partial charge in [-0.1, -0.05) is 24.2 Å². The maximum absolute atomic E-state index is 13.9. The predicted octanol–water partition coefficient (Wildman–Crippen LogP) is 4.10. The van der Waals surface area contributed by atoms with Crippen LogP contribution in [0.4, 0.5) is 14.5 Å². The van der Waals surface area contributed by atoms with E-state index >= 15 is 0 Å². The molecule has 1 aliphatic rings. The predicted molar refractivity (Wildman–Crippen MR) is 95.2 cm³/mol. The van der Waals surface area contributed by atoms with Crippen LogP contribution in [-0.4, -0.2) is 22.6 Å². The fraction of sp³-hybridized carbons (Fsp3) is 0.250. The molecule has 2 heterocycles. The first-order valence-electron chi connectivity index (χ1n) is 8.73. The van der Waals surface area contributed by atoms with Crippen LogP contribution in [0.5, 0.6) is 0 Å². The number of benzene rings is 2. The second-order valence-electron chi connectivity index (χ2n) is 6.51. The van der Waals surface area contributed by atoms with Crippen LogP contribution < -0.4 is 4.90 Å². The molecule has 0 radical (unpaired) electrons. The molecule has 1 aliphatic heterocycles. The van der Waals surface area contributed by atoms with Crippen LogP contribution in [0.2, 0.25) is 0 Å². The van der Waals surface area contributed by atoms with Gasteiger partial charge in [0.25, 0.3) is 5.89 Å². The Balaban J connectivity index is 1.56. The molecule has 3 aromatic rings. The van der Waals surface area contributed by atoms with E-state index in [1.807, 2.05) is 24.3 Å². The van der Waals surface area contributed by atoms with Crippen molar-refractivity contribution in [1.29, 1.82) is 0 Å². The van der Waals surface area contributed by atoms with Crippen molar-refractivity contribution in [3.05, 3.63) is 65.5 Å². The van der Waals surface area contributed by atoms with Crippen molar-refractivity contribution in [2.45, 2.75) is 25.7 Å². The Bertz CT molecular complexity index is 985. The average Bonchev–Trinajstić information content (AvgIpc) is 3.31. The van der Waals surface area contributed by atoms with Crippen LogP contribution >= 0.6 is 0 Å². The molecule has 0 aliphatic carbocycles. The first kappa shape index (κ1) is 17.3. The molecule has 27 heavy (non-hydrogen) atoms. The largest absolute Gasteiger partial charge is 0.334 e. The zero-order valence-electron chi connectivity index (χ0n) is 14.7. The van der Waals surface area contributed by atoms with Gasteiger partial charge in [0.1, 0.15) is 11.6 Å². The van der Waals surface area contributed by atoms with Crippen LogP contribution in [0.15, 0.2) is 47.0 Å². The van der Waals surface area contributed by atoms with E-state index in [0.717, 1.165) is 30.3 Å². The molecular formula is C20H17F2N3O2. The molecular weight excluding hydrogens is 352 g/mol. The number of anilines is 1. The maximum Gasteiger partial charge on any atom is 0.261 e. The number of aromatic nitrogens is 2. The molecule has 138 valence electrons. The SMILES string of the molecule is CCc1ccc(N2C[C@H](c3noc(-c4cc(F)ccc4F)n3)CC2=O)cc1. The van der Waals surface area contributed by atoms with E-state index in [0.29, 0.717) is 12.4 Å². The number of rotatable bonds is 4. The fourth-order valence-electron chi connectivity index (χ4n) is 3.21. The highest BCUT2D eigenvalue weighted by Gasteiger charge is 2.34. The molecule has 1 fully saturated rings. The molecule has 0 unspecified atom stereocenters. The third-order valence-electron chi connectivity index (χ3n) is 4.75. The van der Waals surface area contributed by atoms with E-state index < -0.39 is 11.6 Å². The Labute approximate surface area is 154 Å². The number of carbonyl (C=O) groups excluding carboxylic acids is 1. The number of carbonyl (C=O) groups is 1. The first-order valence-corrected chi connectivity index (χ1v) is 8.73. The van der Waals surface area contributed by atoms with Gasteiger partial charge in [0, 0.05) is 24.6 Å². The Morgan fingerprint density at radius 1 is 1.19 bits per heavy atom. The molecule has 1 saturated heterocycles. The van der Waals surface area contributed by atoms with Gasteiger partial charge < -0.3 is 9.42 Å². The third kappa shape index (κ3) is 3.32. The molecule has 2 aromatic carbocycles. The zero-order valence-corrected chi connectivity index (χ0v) is 14.7. The smallest absolute Gasteiger partial charge is 0.261 e. The summed E-state index contributed by atoms with van der Waals surface area (Å²) in [5, 5.41) is 3.88. The molecule has 1 aromatic heterocycles. The van der Waals surface area contributed by atoms with Gasteiger partial charge in [-0.3, -0.25) is 4.79 Å². The minimum absolute atomic E-state index is 0.0347.